The van der Waals surface area contributed by atoms with Crippen LogP contribution in [0.1, 0.15) is 25.0 Å². The molecule has 0 heterocycles. The Morgan fingerprint density at radius 2 is 1.62 bits per heavy atom. The molecule has 0 saturated carbocycles. The molecule has 2 rings (SSSR count). The highest BCUT2D eigenvalue weighted by Crippen LogP contribution is 2.16. The largest absolute Gasteiger partial charge is 0.351 e. The van der Waals surface area contributed by atoms with E-state index in [0.717, 1.165) is 10.5 Å². The Hall–Kier alpha value is -1.83. The van der Waals surface area contributed by atoms with Gasteiger partial charge in [-0.25, -0.2) is 13.1 Å². The molecule has 0 radical (unpaired) electrons. The predicted molar refractivity (Wildman–Crippen MR) is 106 cm³/mol. The van der Waals surface area contributed by atoms with E-state index in [-0.39, 0.29) is 17.7 Å². The molecule has 0 aliphatic heterocycles. The molecular weight excluding hydrogens is 368 g/mol. The van der Waals surface area contributed by atoms with Crippen LogP contribution in [-0.4, -0.2) is 26.1 Å². The molecule has 0 aliphatic carbocycles. The fourth-order valence-electron chi connectivity index (χ4n) is 2.29. The number of carbonyl (C=O) groups is 1. The maximum absolute atomic E-state index is 11.9. The third-order valence-electron chi connectivity index (χ3n) is 3.40. The van der Waals surface area contributed by atoms with Crippen molar-refractivity contribution in [2.45, 2.75) is 37.1 Å². The van der Waals surface area contributed by atoms with Gasteiger partial charge in [0.1, 0.15) is 0 Å². The molecule has 0 aromatic heterocycles. The molecule has 2 aromatic carbocycles. The summed E-state index contributed by atoms with van der Waals surface area (Å²) in [5, 5.41) is 2.87. The Morgan fingerprint density at radius 1 is 1.00 bits per heavy atom. The number of benzene rings is 2. The number of nitrogens with one attached hydrogen (secondary N) is 2. The van der Waals surface area contributed by atoms with E-state index in [1.54, 1.807) is 26.0 Å². The summed E-state index contributed by atoms with van der Waals surface area (Å²) in [6.45, 7) is 4.00. The van der Waals surface area contributed by atoms with Crippen molar-refractivity contribution >= 4 is 27.7 Å². The summed E-state index contributed by atoms with van der Waals surface area (Å²) >= 11 is 1.49. The fraction of sp³-hybridized carbons (Fsp3) is 0.316. The zero-order chi connectivity index (χ0) is 19.0. The Labute approximate surface area is 159 Å². The van der Waals surface area contributed by atoms with Crippen molar-refractivity contribution in [3.8, 4) is 0 Å². The topological polar surface area (TPSA) is 75.3 Å². The van der Waals surface area contributed by atoms with Crippen LogP contribution in [0.15, 0.2) is 59.5 Å². The van der Waals surface area contributed by atoms with Gasteiger partial charge in [0.15, 0.2) is 0 Å². The monoisotopic (exact) mass is 392 g/mol. The summed E-state index contributed by atoms with van der Waals surface area (Å²) in [6.07, 6.45) is 0. The number of thioether (sulfide) groups is 1. The zero-order valence-corrected chi connectivity index (χ0v) is 16.6. The highest BCUT2D eigenvalue weighted by Gasteiger charge is 2.12. The molecule has 0 fully saturated rings. The van der Waals surface area contributed by atoms with E-state index in [0.29, 0.717) is 17.9 Å². The van der Waals surface area contributed by atoms with E-state index in [9.17, 15) is 13.2 Å². The van der Waals surface area contributed by atoms with Gasteiger partial charge in [-0.1, -0.05) is 42.5 Å². The zero-order valence-electron chi connectivity index (χ0n) is 14.9. The highest BCUT2D eigenvalue weighted by molar-refractivity contribution is 8.00. The number of amides is 1. The van der Waals surface area contributed by atoms with Crippen molar-refractivity contribution in [2.24, 2.45) is 0 Å². The summed E-state index contributed by atoms with van der Waals surface area (Å²) in [5.74, 6) is 0.277. The molecule has 5 nitrogen and oxygen atoms in total. The molecule has 0 aliphatic rings. The first-order chi connectivity index (χ1) is 12.3. The molecule has 0 bridgehead atoms. The average Bonchev–Trinajstić information content (AvgIpc) is 2.59. The smallest absolute Gasteiger partial charge is 0.230 e. The molecular formula is C19H24N2O3S2. The highest BCUT2D eigenvalue weighted by atomic mass is 32.2. The van der Waals surface area contributed by atoms with Gasteiger partial charge in [0, 0.05) is 17.5 Å². The number of carbonyl (C=O) groups excluding carboxylic acids is 1. The normalized spacial score (nSPS) is 11.5. The number of hydrogen-bond donors (Lipinski definition) is 2. The first-order valence-electron chi connectivity index (χ1n) is 8.36. The summed E-state index contributed by atoms with van der Waals surface area (Å²) < 4.78 is 26.4. The van der Waals surface area contributed by atoms with E-state index >= 15 is 0 Å². The second-order valence-corrected chi connectivity index (χ2v) is 9.03. The molecule has 140 valence electrons. The molecule has 7 heteroatoms. The molecule has 1 amide bonds. The van der Waals surface area contributed by atoms with E-state index < -0.39 is 10.0 Å². The van der Waals surface area contributed by atoms with E-state index in [4.69, 9.17) is 0 Å². The van der Waals surface area contributed by atoms with Gasteiger partial charge in [-0.05, 0) is 37.1 Å². The van der Waals surface area contributed by atoms with Gasteiger partial charge < -0.3 is 5.32 Å². The summed E-state index contributed by atoms with van der Waals surface area (Å²) in [7, 11) is -3.33. The van der Waals surface area contributed by atoms with E-state index in [1.807, 2.05) is 42.5 Å². The van der Waals surface area contributed by atoms with Crippen LogP contribution >= 0.6 is 11.8 Å². The van der Waals surface area contributed by atoms with E-state index in [2.05, 4.69) is 10.0 Å². The first kappa shape index (κ1) is 20.5. The molecule has 0 saturated heterocycles. The molecule has 0 atom stereocenters. The lowest BCUT2D eigenvalue weighted by molar-refractivity contribution is -0.118. The molecule has 26 heavy (non-hydrogen) atoms. The van der Waals surface area contributed by atoms with Crippen LogP contribution in [0.25, 0.3) is 0 Å². The molecule has 0 unspecified atom stereocenters. The van der Waals surface area contributed by atoms with Crippen LogP contribution in [0.4, 0.5) is 0 Å². The van der Waals surface area contributed by atoms with Crippen molar-refractivity contribution < 1.29 is 13.2 Å². The second kappa shape index (κ2) is 9.75. The number of rotatable bonds is 9. The van der Waals surface area contributed by atoms with Crippen LogP contribution in [0.2, 0.25) is 0 Å². The number of hydrogen-bond acceptors (Lipinski definition) is 4. The second-order valence-electron chi connectivity index (χ2n) is 6.23. The van der Waals surface area contributed by atoms with Crippen molar-refractivity contribution in [3.05, 3.63) is 65.7 Å². The number of sulfonamides is 1. The van der Waals surface area contributed by atoms with Gasteiger partial charge >= 0.3 is 0 Å². The van der Waals surface area contributed by atoms with Gasteiger partial charge in [-0.3, -0.25) is 4.79 Å². The van der Waals surface area contributed by atoms with Crippen molar-refractivity contribution in [1.82, 2.24) is 10.0 Å². The Bertz CT molecular complexity index is 804. The minimum atomic E-state index is -3.33. The van der Waals surface area contributed by atoms with Gasteiger partial charge in [-0.2, -0.15) is 0 Å². The Kier molecular flexibility index (Phi) is 7.68. The third-order valence-corrected chi connectivity index (χ3v) is 5.95. The van der Waals surface area contributed by atoms with Crippen LogP contribution in [0, 0.1) is 0 Å². The van der Waals surface area contributed by atoms with Crippen molar-refractivity contribution in [1.29, 1.82) is 0 Å². The lowest BCUT2D eigenvalue weighted by Gasteiger charge is -2.10. The first-order valence-corrected chi connectivity index (χ1v) is 11.0. The lowest BCUT2D eigenvalue weighted by Crippen LogP contribution is -2.31. The maximum atomic E-state index is 11.9. The quantitative estimate of drug-likeness (QED) is 0.644. The Morgan fingerprint density at radius 3 is 2.23 bits per heavy atom. The van der Waals surface area contributed by atoms with Gasteiger partial charge in [-0.15, -0.1) is 11.8 Å². The Balaban J connectivity index is 1.79. The standard InChI is InChI=1S/C19H24N2O3S2/c1-15(2)21-26(23,24)14-17-10-8-16(9-11-17)12-20-19(22)13-25-18-6-4-3-5-7-18/h3-11,15,21H,12-14H2,1-2H3,(H,20,22). The van der Waals surface area contributed by atoms with Gasteiger partial charge in [0.05, 0.1) is 11.5 Å². The fourth-order valence-corrected chi connectivity index (χ4v) is 4.47. The molecule has 0 spiro atoms. The minimum absolute atomic E-state index is 0.0355. The van der Waals surface area contributed by atoms with Crippen LogP contribution in [-0.2, 0) is 27.1 Å². The maximum Gasteiger partial charge on any atom is 0.230 e. The SMILES string of the molecule is CC(C)NS(=O)(=O)Cc1ccc(CNC(=O)CSc2ccccc2)cc1. The minimum Gasteiger partial charge on any atom is -0.351 e. The molecule has 2 N–H and O–H groups in total. The van der Waals surface area contributed by atoms with Crippen LogP contribution in [0.5, 0.6) is 0 Å². The van der Waals surface area contributed by atoms with Crippen molar-refractivity contribution in [3.63, 3.8) is 0 Å². The van der Waals surface area contributed by atoms with E-state index in [1.165, 1.54) is 11.8 Å². The third kappa shape index (κ3) is 7.59. The van der Waals surface area contributed by atoms with Crippen LogP contribution in [0.3, 0.4) is 0 Å². The predicted octanol–water partition coefficient (Wildman–Crippen LogP) is 2.92. The summed E-state index contributed by atoms with van der Waals surface area (Å²) in [5.41, 5.74) is 1.65. The molecule has 2 aromatic rings. The lowest BCUT2D eigenvalue weighted by atomic mass is 10.1. The van der Waals surface area contributed by atoms with Gasteiger partial charge in [0.25, 0.3) is 0 Å². The summed E-state index contributed by atoms with van der Waals surface area (Å²) in [6, 6.07) is 16.9. The van der Waals surface area contributed by atoms with Crippen LogP contribution < -0.4 is 10.0 Å². The average molecular weight is 393 g/mol. The summed E-state index contributed by atoms with van der Waals surface area (Å²) in [4.78, 5) is 13.0. The van der Waals surface area contributed by atoms with Gasteiger partial charge in [0.2, 0.25) is 15.9 Å². The van der Waals surface area contributed by atoms with Crippen molar-refractivity contribution in [2.75, 3.05) is 5.75 Å².